The van der Waals surface area contributed by atoms with Crippen LogP contribution in [0.2, 0.25) is 0 Å². The van der Waals surface area contributed by atoms with Crippen molar-refractivity contribution in [3.63, 3.8) is 0 Å². The third kappa shape index (κ3) is 4.36. The van der Waals surface area contributed by atoms with E-state index in [0.717, 1.165) is 32.4 Å². The Morgan fingerprint density at radius 3 is 2.41 bits per heavy atom. The molecule has 27 heavy (non-hydrogen) atoms. The lowest BCUT2D eigenvalue weighted by Gasteiger charge is -2.39. The minimum absolute atomic E-state index is 0.205. The molecular formula is C23H34N2O2. The van der Waals surface area contributed by atoms with Gasteiger partial charge in [0.1, 0.15) is 0 Å². The Hall–Kier alpha value is -1.84. The molecule has 0 aliphatic carbocycles. The van der Waals surface area contributed by atoms with E-state index in [1.54, 1.807) is 0 Å². The van der Waals surface area contributed by atoms with Crippen molar-refractivity contribution >= 4 is 11.8 Å². The van der Waals surface area contributed by atoms with Gasteiger partial charge in [0.05, 0.1) is 5.41 Å². The summed E-state index contributed by atoms with van der Waals surface area (Å²) in [5.74, 6) is 1.34. The number of piperidine rings is 1. The van der Waals surface area contributed by atoms with E-state index in [1.165, 1.54) is 11.1 Å². The third-order valence-electron chi connectivity index (χ3n) is 6.13. The van der Waals surface area contributed by atoms with Crippen molar-refractivity contribution in [3.05, 3.63) is 35.4 Å². The first-order valence-electron chi connectivity index (χ1n) is 10.5. The van der Waals surface area contributed by atoms with Crippen LogP contribution in [0.3, 0.4) is 0 Å². The van der Waals surface area contributed by atoms with Crippen LogP contribution in [0.15, 0.2) is 24.3 Å². The molecule has 1 aromatic carbocycles. The van der Waals surface area contributed by atoms with Crippen LogP contribution < -0.4 is 0 Å². The second-order valence-corrected chi connectivity index (χ2v) is 9.17. The Morgan fingerprint density at radius 2 is 1.78 bits per heavy atom. The molecule has 2 aliphatic rings. The first kappa shape index (κ1) is 19.9. The van der Waals surface area contributed by atoms with Gasteiger partial charge in [-0.25, -0.2) is 0 Å². The summed E-state index contributed by atoms with van der Waals surface area (Å²) < 4.78 is 0. The van der Waals surface area contributed by atoms with Crippen molar-refractivity contribution in [3.8, 4) is 0 Å². The van der Waals surface area contributed by atoms with Crippen molar-refractivity contribution in [2.45, 2.75) is 65.8 Å². The molecule has 2 heterocycles. The van der Waals surface area contributed by atoms with E-state index in [2.05, 4.69) is 52.0 Å². The molecule has 1 aromatic rings. The number of nitrogens with zero attached hydrogens (tertiary/aromatic N) is 2. The van der Waals surface area contributed by atoms with Gasteiger partial charge in [-0.2, -0.15) is 0 Å². The van der Waals surface area contributed by atoms with Crippen LogP contribution in [0.1, 0.15) is 70.4 Å². The van der Waals surface area contributed by atoms with Gasteiger partial charge in [0.15, 0.2) is 0 Å². The number of hydrogen-bond donors (Lipinski definition) is 0. The summed E-state index contributed by atoms with van der Waals surface area (Å²) in [7, 11) is 0. The van der Waals surface area contributed by atoms with Crippen LogP contribution in [-0.2, 0) is 16.1 Å². The molecule has 0 aromatic heterocycles. The van der Waals surface area contributed by atoms with E-state index < -0.39 is 0 Å². The lowest BCUT2D eigenvalue weighted by Crippen LogP contribution is -2.50. The van der Waals surface area contributed by atoms with E-state index in [9.17, 15) is 9.59 Å². The fourth-order valence-corrected chi connectivity index (χ4v) is 4.47. The van der Waals surface area contributed by atoms with Crippen LogP contribution in [0.25, 0.3) is 0 Å². The summed E-state index contributed by atoms with van der Waals surface area (Å²) in [6.07, 6.45) is 3.34. The fourth-order valence-electron chi connectivity index (χ4n) is 4.47. The summed E-state index contributed by atoms with van der Waals surface area (Å²) in [6, 6.07) is 8.65. The maximum absolute atomic E-state index is 13.3. The maximum atomic E-state index is 13.3. The second-order valence-electron chi connectivity index (χ2n) is 9.17. The number of carbonyl (C=O) groups excluding carboxylic acids is 2. The summed E-state index contributed by atoms with van der Waals surface area (Å²) in [5, 5.41) is 0. The second kappa shape index (κ2) is 8.04. The van der Waals surface area contributed by atoms with Gasteiger partial charge in [0.2, 0.25) is 11.8 Å². The molecule has 148 valence electrons. The number of rotatable bonds is 5. The number of hydrogen-bond acceptors (Lipinski definition) is 2. The minimum Gasteiger partial charge on any atom is -0.342 e. The zero-order chi connectivity index (χ0) is 19.6. The lowest BCUT2D eigenvalue weighted by molar-refractivity contribution is -0.146. The molecule has 0 saturated carbocycles. The first-order valence-corrected chi connectivity index (χ1v) is 10.5. The molecule has 2 amide bonds. The number of benzene rings is 1. The van der Waals surface area contributed by atoms with E-state index >= 15 is 0 Å². The predicted molar refractivity (Wildman–Crippen MR) is 108 cm³/mol. The Labute approximate surface area is 163 Å². The fraction of sp³-hybridized carbons (Fsp3) is 0.652. The molecule has 0 unspecified atom stereocenters. The van der Waals surface area contributed by atoms with Crippen molar-refractivity contribution in [1.29, 1.82) is 0 Å². The van der Waals surface area contributed by atoms with E-state index in [1.807, 2.05) is 9.80 Å². The largest absolute Gasteiger partial charge is 0.342 e. The Morgan fingerprint density at radius 1 is 1.07 bits per heavy atom. The molecule has 2 saturated heterocycles. The van der Waals surface area contributed by atoms with Crippen LogP contribution in [0.4, 0.5) is 0 Å². The predicted octanol–water partition coefficient (Wildman–Crippen LogP) is 4.20. The summed E-state index contributed by atoms with van der Waals surface area (Å²) >= 11 is 0. The SMILES string of the molecule is CC(C)CC(=O)N1CC[C@@]2(CCCN(Cc3ccc(C(C)C)cc3)C2=O)C1. The van der Waals surface area contributed by atoms with Crippen LogP contribution in [0.5, 0.6) is 0 Å². The zero-order valence-corrected chi connectivity index (χ0v) is 17.3. The van der Waals surface area contributed by atoms with Crippen LogP contribution in [0, 0.1) is 11.3 Å². The molecule has 1 atom stereocenters. The number of carbonyl (C=O) groups is 2. The Balaban J connectivity index is 1.66. The average molecular weight is 371 g/mol. The van der Waals surface area contributed by atoms with E-state index in [0.29, 0.717) is 31.3 Å². The van der Waals surface area contributed by atoms with Gasteiger partial charge in [-0.15, -0.1) is 0 Å². The first-order chi connectivity index (χ1) is 12.8. The van der Waals surface area contributed by atoms with Gasteiger partial charge in [0.25, 0.3) is 0 Å². The van der Waals surface area contributed by atoms with Gasteiger partial charge in [-0.05, 0) is 42.2 Å². The van der Waals surface area contributed by atoms with Gasteiger partial charge >= 0.3 is 0 Å². The standard InChI is InChI=1S/C23H34N2O2/c1-17(2)14-21(26)25-13-11-23(16-25)10-5-12-24(22(23)27)15-19-6-8-20(9-7-19)18(3)4/h6-9,17-18H,5,10-16H2,1-4H3/t23-/m0/s1. The molecule has 0 bridgehead atoms. The summed E-state index contributed by atoms with van der Waals surface area (Å²) in [5.41, 5.74) is 2.17. The molecule has 4 heteroatoms. The van der Waals surface area contributed by atoms with Crippen molar-refractivity contribution in [2.24, 2.45) is 11.3 Å². The Bertz CT molecular complexity index is 680. The molecule has 1 spiro atoms. The highest BCUT2D eigenvalue weighted by Crippen LogP contribution is 2.40. The highest BCUT2D eigenvalue weighted by molar-refractivity contribution is 5.86. The zero-order valence-electron chi connectivity index (χ0n) is 17.3. The van der Waals surface area contributed by atoms with E-state index in [-0.39, 0.29) is 17.2 Å². The van der Waals surface area contributed by atoms with Gasteiger partial charge < -0.3 is 9.80 Å². The van der Waals surface area contributed by atoms with E-state index in [4.69, 9.17) is 0 Å². The molecule has 2 aliphatic heterocycles. The van der Waals surface area contributed by atoms with Crippen molar-refractivity contribution in [2.75, 3.05) is 19.6 Å². The molecule has 4 nitrogen and oxygen atoms in total. The van der Waals surface area contributed by atoms with Crippen molar-refractivity contribution < 1.29 is 9.59 Å². The lowest BCUT2D eigenvalue weighted by atomic mass is 9.78. The quantitative estimate of drug-likeness (QED) is 0.779. The van der Waals surface area contributed by atoms with Crippen molar-refractivity contribution in [1.82, 2.24) is 9.80 Å². The topological polar surface area (TPSA) is 40.6 Å². The van der Waals surface area contributed by atoms with Crippen LogP contribution >= 0.6 is 0 Å². The minimum atomic E-state index is -0.344. The summed E-state index contributed by atoms with van der Waals surface area (Å²) in [6.45, 7) is 11.4. The molecule has 3 rings (SSSR count). The maximum Gasteiger partial charge on any atom is 0.230 e. The van der Waals surface area contributed by atoms with Gasteiger partial charge in [-0.3, -0.25) is 9.59 Å². The van der Waals surface area contributed by atoms with Gasteiger partial charge in [-0.1, -0.05) is 52.0 Å². The third-order valence-corrected chi connectivity index (χ3v) is 6.13. The van der Waals surface area contributed by atoms with Crippen LogP contribution in [-0.4, -0.2) is 41.2 Å². The Kier molecular flexibility index (Phi) is 5.92. The smallest absolute Gasteiger partial charge is 0.230 e. The molecule has 2 fully saturated rings. The van der Waals surface area contributed by atoms with Gasteiger partial charge in [0, 0.05) is 32.6 Å². The average Bonchev–Trinajstić information content (AvgIpc) is 3.04. The highest BCUT2D eigenvalue weighted by atomic mass is 16.2. The monoisotopic (exact) mass is 370 g/mol. The molecular weight excluding hydrogens is 336 g/mol. The normalized spacial score (nSPS) is 23.1. The molecule has 0 N–H and O–H groups in total. The highest BCUT2D eigenvalue weighted by Gasteiger charge is 2.49. The number of likely N-dealkylation sites (tertiary alicyclic amines) is 2. The molecule has 0 radical (unpaired) electrons. The summed E-state index contributed by atoms with van der Waals surface area (Å²) in [4.78, 5) is 29.7. The number of amides is 2.